The molecule has 0 aliphatic carbocycles. The van der Waals surface area contributed by atoms with Crippen LogP contribution in [-0.4, -0.2) is 29.4 Å². The van der Waals surface area contributed by atoms with E-state index >= 15 is 0 Å². The molecule has 4 rings (SSSR count). The Balaban J connectivity index is 1.61. The van der Waals surface area contributed by atoms with Crippen LogP contribution in [0.15, 0.2) is 57.9 Å². The second-order valence-electron chi connectivity index (χ2n) is 8.51. The summed E-state index contributed by atoms with van der Waals surface area (Å²) in [6.07, 6.45) is 1.31. The zero-order chi connectivity index (χ0) is 21.5. The van der Waals surface area contributed by atoms with E-state index in [-0.39, 0.29) is 22.0 Å². The molecule has 6 nitrogen and oxygen atoms in total. The zero-order valence-electron chi connectivity index (χ0n) is 17.2. The van der Waals surface area contributed by atoms with Gasteiger partial charge in [-0.3, -0.25) is 0 Å². The normalized spacial score (nSPS) is 18.1. The lowest BCUT2D eigenvalue weighted by molar-refractivity contribution is 0.290. The zero-order valence-corrected chi connectivity index (χ0v) is 18.0. The van der Waals surface area contributed by atoms with E-state index in [1.54, 1.807) is 24.3 Å². The first-order valence-electron chi connectivity index (χ1n) is 9.88. The molecule has 1 aliphatic rings. The summed E-state index contributed by atoms with van der Waals surface area (Å²) in [5.41, 5.74) is 1.62. The molecule has 2 aromatic carbocycles. The molecule has 0 N–H and O–H groups in total. The highest BCUT2D eigenvalue weighted by molar-refractivity contribution is 7.89. The quantitative estimate of drug-likeness (QED) is 0.601. The fraction of sp³-hybridized carbons (Fsp3) is 0.364. The highest BCUT2D eigenvalue weighted by Crippen LogP contribution is 2.37. The Morgan fingerprint density at radius 1 is 1.07 bits per heavy atom. The number of halogens is 1. The Morgan fingerprint density at radius 2 is 1.73 bits per heavy atom. The van der Waals surface area contributed by atoms with E-state index in [9.17, 15) is 12.8 Å². The molecule has 0 spiro atoms. The lowest BCUT2D eigenvalue weighted by atomic mass is 9.87. The van der Waals surface area contributed by atoms with E-state index in [1.165, 1.54) is 16.4 Å². The first kappa shape index (κ1) is 20.7. The number of hydrogen-bond acceptors (Lipinski definition) is 5. The first-order valence-corrected chi connectivity index (χ1v) is 11.3. The van der Waals surface area contributed by atoms with Gasteiger partial charge >= 0.3 is 0 Å². The lowest BCUT2D eigenvalue weighted by Crippen LogP contribution is -2.31. The Bertz CT molecular complexity index is 1130. The van der Waals surface area contributed by atoms with Crippen LogP contribution in [0.2, 0.25) is 0 Å². The molecule has 1 atom stereocenters. The standard InChI is InChI=1S/C22H24FN3O3S/c1-22(2,3)16-8-12-18(13-9-16)30(27,28)26-14-4-5-19(26)21-24-20(25-29-21)15-6-10-17(23)11-7-15/h6-13,19H,4-5,14H2,1-3H3/t19-/m1/s1. The minimum atomic E-state index is -3.70. The third kappa shape index (κ3) is 3.89. The van der Waals surface area contributed by atoms with Crippen molar-refractivity contribution in [3.8, 4) is 11.4 Å². The smallest absolute Gasteiger partial charge is 0.245 e. The number of hydrogen-bond donors (Lipinski definition) is 0. The van der Waals surface area contributed by atoms with E-state index in [0.29, 0.717) is 30.8 Å². The van der Waals surface area contributed by atoms with Crippen molar-refractivity contribution in [1.29, 1.82) is 0 Å². The van der Waals surface area contributed by atoms with E-state index in [1.807, 2.05) is 12.1 Å². The van der Waals surface area contributed by atoms with E-state index < -0.39 is 16.1 Å². The Kier molecular flexibility index (Phi) is 5.23. The van der Waals surface area contributed by atoms with Crippen LogP contribution < -0.4 is 0 Å². The molecule has 1 saturated heterocycles. The van der Waals surface area contributed by atoms with Gasteiger partial charge in [-0.2, -0.15) is 9.29 Å². The van der Waals surface area contributed by atoms with Gasteiger partial charge in [0.15, 0.2) is 0 Å². The molecular weight excluding hydrogens is 405 g/mol. The molecule has 0 saturated carbocycles. The molecule has 1 fully saturated rings. The molecule has 0 bridgehead atoms. The van der Waals surface area contributed by atoms with Gasteiger partial charge in [-0.1, -0.05) is 38.1 Å². The predicted octanol–water partition coefficient (Wildman–Crippen LogP) is 4.70. The second-order valence-corrected chi connectivity index (χ2v) is 10.4. The van der Waals surface area contributed by atoms with Crippen LogP contribution in [-0.2, 0) is 15.4 Å². The first-order chi connectivity index (χ1) is 14.2. The van der Waals surface area contributed by atoms with Gasteiger partial charge in [0, 0.05) is 12.1 Å². The predicted molar refractivity (Wildman–Crippen MR) is 111 cm³/mol. The van der Waals surface area contributed by atoms with Gasteiger partial charge < -0.3 is 4.52 Å². The Morgan fingerprint density at radius 3 is 2.37 bits per heavy atom. The van der Waals surface area contributed by atoms with Crippen molar-refractivity contribution in [2.24, 2.45) is 0 Å². The summed E-state index contributed by atoms with van der Waals surface area (Å²) in [7, 11) is -3.70. The van der Waals surface area contributed by atoms with Crippen molar-refractivity contribution in [3.05, 3.63) is 65.8 Å². The fourth-order valence-electron chi connectivity index (χ4n) is 3.62. The molecule has 30 heavy (non-hydrogen) atoms. The van der Waals surface area contributed by atoms with Crippen molar-refractivity contribution in [2.45, 2.75) is 50.0 Å². The van der Waals surface area contributed by atoms with Crippen LogP contribution in [0.5, 0.6) is 0 Å². The average Bonchev–Trinajstić information content (AvgIpc) is 3.38. The molecule has 158 valence electrons. The Labute approximate surface area is 175 Å². The topological polar surface area (TPSA) is 76.3 Å². The van der Waals surface area contributed by atoms with Gasteiger partial charge in [0.2, 0.25) is 21.7 Å². The van der Waals surface area contributed by atoms with Crippen LogP contribution in [0, 0.1) is 5.82 Å². The van der Waals surface area contributed by atoms with Crippen molar-refractivity contribution in [2.75, 3.05) is 6.54 Å². The fourth-order valence-corrected chi connectivity index (χ4v) is 5.27. The summed E-state index contributed by atoms with van der Waals surface area (Å²) in [4.78, 5) is 4.64. The minimum Gasteiger partial charge on any atom is -0.337 e. The molecule has 0 amide bonds. The van der Waals surface area contributed by atoms with Gasteiger partial charge in [-0.15, -0.1) is 0 Å². The van der Waals surface area contributed by atoms with E-state index in [4.69, 9.17) is 4.52 Å². The van der Waals surface area contributed by atoms with Gasteiger partial charge in [0.05, 0.1) is 4.90 Å². The molecule has 1 aliphatic heterocycles. The van der Waals surface area contributed by atoms with Crippen LogP contribution >= 0.6 is 0 Å². The van der Waals surface area contributed by atoms with Crippen molar-refractivity contribution >= 4 is 10.0 Å². The summed E-state index contributed by atoms with van der Waals surface area (Å²) in [5.74, 6) is 0.207. The molecule has 2 heterocycles. The molecule has 8 heteroatoms. The summed E-state index contributed by atoms with van der Waals surface area (Å²) in [5, 5.41) is 3.96. The summed E-state index contributed by atoms with van der Waals surface area (Å²) >= 11 is 0. The highest BCUT2D eigenvalue weighted by atomic mass is 32.2. The largest absolute Gasteiger partial charge is 0.337 e. The minimum absolute atomic E-state index is 0.0566. The summed E-state index contributed by atoms with van der Waals surface area (Å²) < 4.78 is 46.6. The van der Waals surface area contributed by atoms with Gasteiger partial charge in [0.1, 0.15) is 11.9 Å². The molecule has 0 unspecified atom stereocenters. The second kappa shape index (κ2) is 7.59. The molecule has 1 aromatic heterocycles. The van der Waals surface area contributed by atoms with Crippen LogP contribution in [0.4, 0.5) is 4.39 Å². The van der Waals surface area contributed by atoms with E-state index in [2.05, 4.69) is 30.9 Å². The van der Waals surface area contributed by atoms with Crippen molar-refractivity contribution < 1.29 is 17.3 Å². The van der Waals surface area contributed by atoms with Crippen molar-refractivity contribution in [1.82, 2.24) is 14.4 Å². The molecule has 3 aromatic rings. The molecular formula is C22H24FN3O3S. The SMILES string of the molecule is CC(C)(C)c1ccc(S(=O)(=O)N2CCC[C@@H]2c2nc(-c3ccc(F)cc3)no2)cc1. The maximum atomic E-state index is 13.3. The monoisotopic (exact) mass is 429 g/mol. The maximum Gasteiger partial charge on any atom is 0.245 e. The average molecular weight is 430 g/mol. The number of sulfonamides is 1. The number of rotatable bonds is 4. The van der Waals surface area contributed by atoms with Crippen molar-refractivity contribution in [3.63, 3.8) is 0 Å². The Hall–Kier alpha value is -2.58. The van der Waals surface area contributed by atoms with E-state index in [0.717, 1.165) is 5.56 Å². The van der Waals surface area contributed by atoms with Crippen LogP contribution in [0.3, 0.4) is 0 Å². The summed E-state index contributed by atoms with van der Waals surface area (Å²) in [6.45, 7) is 6.64. The third-order valence-electron chi connectivity index (χ3n) is 5.36. The van der Waals surface area contributed by atoms with Gasteiger partial charge in [-0.25, -0.2) is 12.8 Å². The molecule has 0 radical (unpaired) electrons. The lowest BCUT2D eigenvalue weighted by Gasteiger charge is -2.23. The van der Waals surface area contributed by atoms with Gasteiger partial charge in [0.25, 0.3) is 0 Å². The number of nitrogens with zero attached hydrogens (tertiary/aromatic N) is 3. The van der Waals surface area contributed by atoms with Crippen LogP contribution in [0.25, 0.3) is 11.4 Å². The van der Waals surface area contributed by atoms with Gasteiger partial charge in [-0.05, 0) is 60.2 Å². The van der Waals surface area contributed by atoms with Crippen LogP contribution in [0.1, 0.15) is 51.1 Å². The third-order valence-corrected chi connectivity index (χ3v) is 7.28. The maximum absolute atomic E-state index is 13.3. The highest BCUT2D eigenvalue weighted by Gasteiger charge is 2.39. The number of benzene rings is 2. The summed E-state index contributed by atoms with van der Waals surface area (Å²) in [6, 6.07) is 12.3. The number of aromatic nitrogens is 2.